The molecule has 4 nitrogen and oxygen atoms in total. The molecule has 0 amide bonds. The molecule has 0 fully saturated rings. The van der Waals surface area contributed by atoms with Crippen LogP contribution in [0, 0.1) is 0 Å². The third-order valence-electron chi connectivity index (χ3n) is 4.16. The minimum Gasteiger partial charge on any atom is -0.497 e. The summed E-state index contributed by atoms with van der Waals surface area (Å²) >= 11 is 0. The van der Waals surface area contributed by atoms with E-state index in [0.717, 1.165) is 7.11 Å². The van der Waals surface area contributed by atoms with Crippen LogP contribution in [0.3, 0.4) is 0 Å². The van der Waals surface area contributed by atoms with Crippen molar-refractivity contribution in [2.24, 2.45) is 0 Å². The smallest absolute Gasteiger partial charge is 0.352 e. The van der Waals surface area contributed by atoms with Gasteiger partial charge >= 0.3 is 5.97 Å². The van der Waals surface area contributed by atoms with Crippen molar-refractivity contribution in [2.45, 2.75) is 11.6 Å². The van der Waals surface area contributed by atoms with Gasteiger partial charge in [0.1, 0.15) is 5.75 Å². The first-order valence-corrected chi connectivity index (χ1v) is 7.09. The van der Waals surface area contributed by atoms with Crippen molar-refractivity contribution in [1.82, 2.24) is 0 Å². The molecule has 1 aliphatic carbocycles. The standard InChI is InChI=1S/C18H15FO4/c1-22-12-8-9-13-14(10-12)15(11-6-4-3-5-7-11)18(19,16(13)20)17(21)23-2/h3-10,15H,1-2H3/t15-,18+/m1/s1. The summed E-state index contributed by atoms with van der Waals surface area (Å²) in [5.74, 6) is -2.64. The van der Waals surface area contributed by atoms with Crippen LogP contribution in [0.1, 0.15) is 27.4 Å². The van der Waals surface area contributed by atoms with E-state index in [1.165, 1.54) is 13.2 Å². The number of carbonyl (C=O) groups excluding carboxylic acids is 2. The molecule has 3 rings (SSSR count). The quantitative estimate of drug-likeness (QED) is 0.646. The van der Waals surface area contributed by atoms with Crippen LogP contribution in [0.5, 0.6) is 5.75 Å². The predicted octanol–water partition coefficient (Wildman–Crippen LogP) is 2.90. The Hall–Kier alpha value is -2.69. The molecule has 1 aliphatic rings. The van der Waals surface area contributed by atoms with Gasteiger partial charge in [-0.25, -0.2) is 9.18 Å². The van der Waals surface area contributed by atoms with E-state index in [2.05, 4.69) is 4.74 Å². The van der Waals surface area contributed by atoms with Gasteiger partial charge < -0.3 is 9.47 Å². The highest BCUT2D eigenvalue weighted by Crippen LogP contribution is 2.49. The largest absolute Gasteiger partial charge is 0.497 e. The molecule has 0 aliphatic heterocycles. The first-order chi connectivity index (χ1) is 11.0. The highest BCUT2D eigenvalue weighted by atomic mass is 19.1. The van der Waals surface area contributed by atoms with Gasteiger partial charge in [0.15, 0.2) is 0 Å². The predicted molar refractivity (Wildman–Crippen MR) is 81.5 cm³/mol. The fourth-order valence-electron chi connectivity index (χ4n) is 3.07. The van der Waals surface area contributed by atoms with E-state index in [0.29, 0.717) is 16.9 Å². The van der Waals surface area contributed by atoms with Crippen molar-refractivity contribution in [3.05, 3.63) is 65.2 Å². The number of carbonyl (C=O) groups is 2. The van der Waals surface area contributed by atoms with Crippen LogP contribution >= 0.6 is 0 Å². The zero-order valence-corrected chi connectivity index (χ0v) is 12.7. The lowest BCUT2D eigenvalue weighted by Gasteiger charge is -2.24. The molecule has 0 aromatic heterocycles. The van der Waals surface area contributed by atoms with Gasteiger partial charge in [0, 0.05) is 5.56 Å². The van der Waals surface area contributed by atoms with Crippen LogP contribution in [-0.2, 0) is 9.53 Å². The second-order valence-electron chi connectivity index (χ2n) is 5.33. The Morgan fingerprint density at radius 1 is 1.13 bits per heavy atom. The molecule has 0 saturated heterocycles. The molecule has 0 spiro atoms. The molecule has 0 bridgehead atoms. The molecule has 23 heavy (non-hydrogen) atoms. The Morgan fingerprint density at radius 2 is 1.83 bits per heavy atom. The summed E-state index contributed by atoms with van der Waals surface area (Å²) < 4.78 is 25.4. The van der Waals surface area contributed by atoms with Crippen molar-refractivity contribution in [3.63, 3.8) is 0 Å². The van der Waals surface area contributed by atoms with Crippen LogP contribution < -0.4 is 4.74 Å². The normalized spacial score (nSPS) is 22.6. The maximum absolute atomic E-state index is 15.6. The highest BCUT2D eigenvalue weighted by Gasteiger charge is 2.61. The number of ketones is 1. The molecule has 0 radical (unpaired) electrons. The van der Waals surface area contributed by atoms with E-state index in [4.69, 9.17) is 4.74 Å². The number of Topliss-reactive ketones (excluding diaryl/α,β-unsaturated/α-hetero) is 1. The maximum Gasteiger partial charge on any atom is 0.352 e. The lowest BCUT2D eigenvalue weighted by molar-refractivity contribution is -0.151. The average molecular weight is 314 g/mol. The Balaban J connectivity index is 2.27. The molecule has 5 heteroatoms. The van der Waals surface area contributed by atoms with Gasteiger partial charge in [-0.05, 0) is 29.3 Å². The highest BCUT2D eigenvalue weighted by molar-refractivity contribution is 6.20. The summed E-state index contributed by atoms with van der Waals surface area (Å²) in [5, 5.41) is 0. The number of methoxy groups -OCH3 is 2. The minimum absolute atomic E-state index is 0.174. The zero-order valence-electron chi connectivity index (χ0n) is 12.7. The van der Waals surface area contributed by atoms with Gasteiger partial charge in [0.2, 0.25) is 5.78 Å². The molecule has 0 unspecified atom stereocenters. The van der Waals surface area contributed by atoms with E-state index < -0.39 is 23.3 Å². The minimum atomic E-state index is -2.77. The molecule has 0 heterocycles. The van der Waals surface area contributed by atoms with Crippen LogP contribution in [0.15, 0.2) is 48.5 Å². The second-order valence-corrected chi connectivity index (χ2v) is 5.33. The molecule has 2 atom stereocenters. The first kappa shape index (κ1) is 15.2. The van der Waals surface area contributed by atoms with Crippen molar-refractivity contribution < 1.29 is 23.5 Å². The SMILES string of the molecule is COC(=O)[C@@]1(F)C(=O)c2ccc(OC)cc2[C@H]1c1ccccc1. The number of benzene rings is 2. The number of hydrogen-bond donors (Lipinski definition) is 0. The molecular weight excluding hydrogens is 299 g/mol. The van der Waals surface area contributed by atoms with Crippen molar-refractivity contribution in [1.29, 1.82) is 0 Å². The van der Waals surface area contributed by atoms with Gasteiger partial charge in [0.05, 0.1) is 20.1 Å². The third kappa shape index (κ3) is 2.11. The zero-order chi connectivity index (χ0) is 16.6. The topological polar surface area (TPSA) is 52.6 Å². The molecule has 0 N–H and O–H groups in total. The van der Waals surface area contributed by atoms with E-state index >= 15 is 4.39 Å². The summed E-state index contributed by atoms with van der Waals surface area (Å²) in [6.45, 7) is 0. The summed E-state index contributed by atoms with van der Waals surface area (Å²) in [7, 11) is 2.56. The van der Waals surface area contributed by atoms with Crippen LogP contribution in [0.2, 0.25) is 0 Å². The van der Waals surface area contributed by atoms with E-state index in [1.807, 2.05) is 0 Å². The fourth-order valence-corrected chi connectivity index (χ4v) is 3.07. The van der Waals surface area contributed by atoms with Gasteiger partial charge in [-0.1, -0.05) is 30.3 Å². The Kier molecular flexibility index (Phi) is 3.64. The molecular formula is C18H15FO4. The number of ether oxygens (including phenoxy) is 2. The number of hydrogen-bond acceptors (Lipinski definition) is 4. The summed E-state index contributed by atoms with van der Waals surface area (Å²) in [5.41, 5.74) is -1.65. The molecule has 2 aromatic rings. The number of esters is 1. The Labute approximate surface area is 132 Å². The summed E-state index contributed by atoms with van der Waals surface area (Å²) in [4.78, 5) is 24.7. The van der Waals surface area contributed by atoms with Crippen molar-refractivity contribution in [2.75, 3.05) is 14.2 Å². The average Bonchev–Trinajstić information content (AvgIpc) is 2.83. The number of alkyl halides is 1. The second kappa shape index (κ2) is 5.50. The van der Waals surface area contributed by atoms with Crippen LogP contribution in [0.4, 0.5) is 4.39 Å². The Morgan fingerprint density at radius 3 is 2.43 bits per heavy atom. The van der Waals surface area contributed by atoms with Crippen molar-refractivity contribution in [3.8, 4) is 5.75 Å². The van der Waals surface area contributed by atoms with Gasteiger partial charge in [-0.3, -0.25) is 4.79 Å². The van der Waals surface area contributed by atoms with E-state index in [-0.39, 0.29) is 5.56 Å². The number of fused-ring (bicyclic) bond motifs is 1. The third-order valence-corrected chi connectivity index (χ3v) is 4.16. The fraction of sp³-hybridized carbons (Fsp3) is 0.222. The molecule has 0 saturated carbocycles. The van der Waals surface area contributed by atoms with Crippen LogP contribution in [-0.4, -0.2) is 31.6 Å². The van der Waals surface area contributed by atoms with Gasteiger partial charge in [-0.15, -0.1) is 0 Å². The monoisotopic (exact) mass is 314 g/mol. The van der Waals surface area contributed by atoms with Gasteiger partial charge in [-0.2, -0.15) is 0 Å². The van der Waals surface area contributed by atoms with E-state index in [1.54, 1.807) is 42.5 Å². The number of rotatable bonds is 3. The van der Waals surface area contributed by atoms with Crippen molar-refractivity contribution >= 4 is 11.8 Å². The Bertz CT molecular complexity index is 772. The lowest BCUT2D eigenvalue weighted by atomic mass is 9.83. The maximum atomic E-state index is 15.6. The van der Waals surface area contributed by atoms with E-state index in [9.17, 15) is 9.59 Å². The first-order valence-electron chi connectivity index (χ1n) is 7.09. The lowest BCUT2D eigenvalue weighted by Crippen LogP contribution is -2.44. The summed E-state index contributed by atoms with van der Waals surface area (Å²) in [6, 6.07) is 13.3. The van der Waals surface area contributed by atoms with Crippen LogP contribution in [0.25, 0.3) is 0 Å². The number of halogens is 1. The van der Waals surface area contributed by atoms with Gasteiger partial charge in [0.25, 0.3) is 5.67 Å². The molecule has 118 valence electrons. The summed E-state index contributed by atoms with van der Waals surface area (Å²) in [6.07, 6.45) is 0. The molecule has 2 aromatic carbocycles.